The molecule has 3 aromatic rings. The molecule has 12 heteroatoms. The predicted octanol–water partition coefficient (Wildman–Crippen LogP) is 4.72. The highest BCUT2D eigenvalue weighted by Crippen LogP contribution is 2.53. The summed E-state index contributed by atoms with van der Waals surface area (Å²) in [5.41, 5.74) is 2.85. The Hall–Kier alpha value is -2.28. The van der Waals surface area contributed by atoms with Crippen molar-refractivity contribution in [1.82, 2.24) is 19.2 Å². The van der Waals surface area contributed by atoms with Gasteiger partial charge in [0.25, 0.3) is 0 Å². The molecule has 3 fully saturated rings. The van der Waals surface area contributed by atoms with Crippen molar-refractivity contribution in [1.29, 1.82) is 0 Å². The van der Waals surface area contributed by atoms with Crippen molar-refractivity contribution >= 4 is 37.4 Å². The van der Waals surface area contributed by atoms with Gasteiger partial charge in [-0.25, -0.2) is 18.4 Å². The third-order valence-electron chi connectivity index (χ3n) is 8.67. The number of hydrogen-bond acceptors (Lipinski definition) is 7. The number of fused-ring (bicyclic) bond motifs is 1. The fraction of sp³-hybridized carbons (Fsp3) is 0.571. The molecule has 1 aromatic carbocycles. The molecule has 0 atom stereocenters. The van der Waals surface area contributed by atoms with E-state index in [1.807, 2.05) is 0 Å². The van der Waals surface area contributed by atoms with Gasteiger partial charge in [-0.3, -0.25) is 4.90 Å². The second-order valence-corrected chi connectivity index (χ2v) is 14.9. The van der Waals surface area contributed by atoms with Crippen LogP contribution >= 0.6 is 11.3 Å². The lowest BCUT2D eigenvalue weighted by molar-refractivity contribution is -0.126. The van der Waals surface area contributed by atoms with Gasteiger partial charge in [-0.2, -0.15) is 17.5 Å². The Bertz CT molecular complexity index is 1460. The molecule has 0 bridgehead atoms. The van der Waals surface area contributed by atoms with Crippen molar-refractivity contribution in [3.63, 3.8) is 0 Å². The maximum Gasteiger partial charge on any atom is 0.393 e. The van der Waals surface area contributed by atoms with Crippen LogP contribution in [0.3, 0.4) is 0 Å². The summed E-state index contributed by atoms with van der Waals surface area (Å²) in [6.45, 7) is 5.19. The van der Waals surface area contributed by atoms with Crippen LogP contribution in [0.15, 0.2) is 36.7 Å². The minimum absolute atomic E-state index is 0.265. The Kier molecular flexibility index (Phi) is 7.33. The van der Waals surface area contributed by atoms with Crippen LogP contribution in [0.4, 0.5) is 19.0 Å². The number of hydrogen-bond donors (Lipinski definition) is 0. The van der Waals surface area contributed by atoms with Gasteiger partial charge in [0.1, 0.15) is 17.0 Å². The number of piperazine rings is 1. The van der Waals surface area contributed by atoms with Gasteiger partial charge >= 0.3 is 6.18 Å². The Morgan fingerprint density at radius 2 is 1.73 bits per heavy atom. The van der Waals surface area contributed by atoms with Gasteiger partial charge in [-0.15, -0.1) is 11.3 Å². The number of anilines is 1. The van der Waals surface area contributed by atoms with Crippen molar-refractivity contribution in [2.24, 2.45) is 11.3 Å². The fourth-order valence-electron chi connectivity index (χ4n) is 6.78. The zero-order valence-corrected chi connectivity index (χ0v) is 24.2. The first kappa shape index (κ1) is 27.9. The molecule has 0 unspecified atom stereocenters. The Labute approximate surface area is 237 Å². The van der Waals surface area contributed by atoms with E-state index in [0.29, 0.717) is 23.8 Å². The Morgan fingerprint density at radius 1 is 1.02 bits per heavy atom. The lowest BCUT2D eigenvalue weighted by Gasteiger charge is -2.45. The summed E-state index contributed by atoms with van der Waals surface area (Å²) in [7, 11) is -3.11. The molecule has 1 spiro atoms. The van der Waals surface area contributed by atoms with Crippen molar-refractivity contribution in [3.05, 3.63) is 52.7 Å². The minimum atomic E-state index is -4.23. The zero-order chi connectivity index (χ0) is 28.1. The summed E-state index contributed by atoms with van der Waals surface area (Å²) in [5, 5.41) is 0.733. The van der Waals surface area contributed by atoms with E-state index >= 15 is 0 Å². The smallest absolute Gasteiger partial charge is 0.355 e. The molecule has 1 aliphatic carbocycles. The molecule has 0 amide bonds. The van der Waals surface area contributed by atoms with Gasteiger partial charge in [0.05, 0.1) is 18.1 Å². The lowest BCUT2D eigenvalue weighted by atomic mass is 9.60. The normalized spacial score (nSPS) is 24.7. The Balaban J connectivity index is 1.01. The predicted molar refractivity (Wildman–Crippen MR) is 151 cm³/mol. The average Bonchev–Trinajstić information content (AvgIpc) is 3.48. The number of nitrogens with zero attached hydrogens (tertiary/aromatic N) is 5. The Morgan fingerprint density at radius 3 is 2.40 bits per heavy atom. The second-order valence-electron chi connectivity index (χ2n) is 11.8. The molecule has 6 rings (SSSR count). The number of halogens is 3. The molecule has 0 radical (unpaired) electrons. The number of alkyl halides is 3. The summed E-state index contributed by atoms with van der Waals surface area (Å²) in [6.07, 6.45) is 2.04. The van der Waals surface area contributed by atoms with Crippen molar-refractivity contribution < 1.29 is 21.6 Å². The van der Waals surface area contributed by atoms with Gasteiger partial charge in [-0.05, 0) is 54.2 Å². The van der Waals surface area contributed by atoms with Crippen LogP contribution in [-0.2, 0) is 29.4 Å². The van der Waals surface area contributed by atoms with Crippen molar-refractivity contribution in [3.8, 4) is 0 Å². The maximum atomic E-state index is 12.9. The lowest BCUT2D eigenvalue weighted by Crippen LogP contribution is -2.47. The molecule has 7 nitrogen and oxygen atoms in total. The van der Waals surface area contributed by atoms with Crippen molar-refractivity contribution in [2.75, 3.05) is 50.4 Å². The first-order valence-electron chi connectivity index (χ1n) is 13.8. The first-order valence-corrected chi connectivity index (χ1v) is 16.4. The van der Waals surface area contributed by atoms with Crippen molar-refractivity contribution in [2.45, 2.75) is 44.8 Å². The highest BCUT2D eigenvalue weighted by atomic mass is 32.2. The second kappa shape index (κ2) is 10.5. The quantitative estimate of drug-likeness (QED) is 0.395. The number of benzene rings is 1. The van der Waals surface area contributed by atoms with Crippen LogP contribution in [0.5, 0.6) is 0 Å². The molecule has 216 valence electrons. The van der Waals surface area contributed by atoms with E-state index in [0.717, 1.165) is 80.9 Å². The van der Waals surface area contributed by atoms with Crippen LogP contribution < -0.4 is 4.90 Å². The van der Waals surface area contributed by atoms with Crippen LogP contribution in [0.1, 0.15) is 35.3 Å². The number of aromatic nitrogens is 2. The van der Waals surface area contributed by atoms with E-state index in [4.69, 9.17) is 0 Å². The van der Waals surface area contributed by atoms with Gasteiger partial charge in [-0.1, -0.05) is 24.3 Å². The number of thiophene rings is 1. The first-order chi connectivity index (χ1) is 18.9. The van der Waals surface area contributed by atoms with E-state index in [9.17, 15) is 21.6 Å². The van der Waals surface area contributed by atoms with Gasteiger partial charge < -0.3 is 4.90 Å². The molecule has 4 heterocycles. The molecular weight excluding hydrogens is 559 g/mol. The van der Waals surface area contributed by atoms with Crippen LogP contribution in [0, 0.1) is 11.3 Å². The summed E-state index contributed by atoms with van der Waals surface area (Å²) in [4.78, 5) is 14.2. The van der Waals surface area contributed by atoms with E-state index < -0.39 is 22.6 Å². The third kappa shape index (κ3) is 6.14. The molecule has 2 saturated heterocycles. The summed E-state index contributed by atoms with van der Waals surface area (Å²) in [5.74, 6) is 1.41. The summed E-state index contributed by atoms with van der Waals surface area (Å²) >= 11 is 1.11. The van der Waals surface area contributed by atoms with E-state index in [1.165, 1.54) is 23.7 Å². The van der Waals surface area contributed by atoms with Gasteiger partial charge in [0.2, 0.25) is 10.0 Å². The molecule has 0 N–H and O–H groups in total. The standard InChI is InChI=1S/C28H34F3N5O2S2/c1-40(37,38)36-10-8-34(9-11-36)17-21-4-2-20(3-5-21)12-22-14-27(15-22)6-7-35(18-27)25-24-13-23(16-28(29,30)31)39-26(24)33-19-32-25/h2-5,13,19,22H,6-12,14-18H2,1H3. The molecule has 2 aromatic heterocycles. The van der Waals surface area contributed by atoms with E-state index in [2.05, 4.69) is 44.0 Å². The van der Waals surface area contributed by atoms with Crippen LogP contribution in [-0.4, -0.2) is 79.3 Å². The zero-order valence-electron chi connectivity index (χ0n) is 22.5. The molecule has 3 aliphatic rings. The average molecular weight is 594 g/mol. The van der Waals surface area contributed by atoms with Crippen LogP contribution in [0.25, 0.3) is 10.2 Å². The monoisotopic (exact) mass is 593 g/mol. The maximum absolute atomic E-state index is 12.9. The highest BCUT2D eigenvalue weighted by molar-refractivity contribution is 7.88. The van der Waals surface area contributed by atoms with Gasteiger partial charge in [0.15, 0.2) is 0 Å². The molecular formula is C28H34F3N5O2S2. The molecule has 1 saturated carbocycles. The van der Waals surface area contributed by atoms with Gasteiger partial charge in [0, 0.05) is 50.7 Å². The van der Waals surface area contributed by atoms with Crippen LogP contribution in [0.2, 0.25) is 0 Å². The third-order valence-corrected chi connectivity index (χ3v) is 11.0. The highest BCUT2D eigenvalue weighted by Gasteiger charge is 2.48. The molecule has 2 aliphatic heterocycles. The fourth-order valence-corrected chi connectivity index (χ4v) is 8.63. The minimum Gasteiger partial charge on any atom is -0.355 e. The number of rotatable bonds is 7. The summed E-state index contributed by atoms with van der Waals surface area (Å²) in [6, 6.07) is 10.5. The topological polar surface area (TPSA) is 69.6 Å². The summed E-state index contributed by atoms with van der Waals surface area (Å²) < 4.78 is 63.8. The molecule has 40 heavy (non-hydrogen) atoms. The van der Waals surface area contributed by atoms with E-state index in [1.54, 1.807) is 10.4 Å². The van der Waals surface area contributed by atoms with E-state index in [-0.39, 0.29) is 10.3 Å². The SMILES string of the molecule is CS(=O)(=O)N1CCN(Cc2ccc(CC3CC4(CCN(c5ncnc6sc(CC(F)(F)F)cc56)C4)C3)cc2)CC1. The number of sulfonamides is 1. The largest absolute Gasteiger partial charge is 0.393 e.